The zero-order valence-electron chi connectivity index (χ0n) is 9.25. The van der Waals surface area contributed by atoms with Gasteiger partial charge in [-0.1, -0.05) is 24.3 Å². The number of Topliss-reactive ketones (excluding diaryl/α,β-unsaturated/α-hetero) is 1. The Labute approximate surface area is 90.3 Å². The number of carbonyl (C=O) groups excluding carboxylic acids is 1. The predicted molar refractivity (Wildman–Crippen MR) is 58.5 cm³/mol. The smallest absolute Gasteiger partial charge is 0.129 e. The SMILES string of the molecule is CC(=O)CCC1(C)OCc2ccccc21. The second kappa shape index (κ2) is 3.78. The van der Waals surface area contributed by atoms with Gasteiger partial charge in [-0.2, -0.15) is 0 Å². The quantitative estimate of drug-likeness (QED) is 0.756. The summed E-state index contributed by atoms with van der Waals surface area (Å²) in [5, 5.41) is 0. The molecule has 0 fully saturated rings. The van der Waals surface area contributed by atoms with Crippen molar-refractivity contribution in [1.82, 2.24) is 0 Å². The highest BCUT2D eigenvalue weighted by Gasteiger charge is 2.34. The number of carbonyl (C=O) groups is 1. The maximum Gasteiger partial charge on any atom is 0.129 e. The van der Waals surface area contributed by atoms with E-state index in [0.29, 0.717) is 13.0 Å². The summed E-state index contributed by atoms with van der Waals surface area (Å²) in [7, 11) is 0. The summed E-state index contributed by atoms with van der Waals surface area (Å²) in [6, 6.07) is 8.25. The molecule has 1 aromatic rings. The summed E-state index contributed by atoms with van der Waals surface area (Å²) in [5.41, 5.74) is 2.23. The number of benzene rings is 1. The molecule has 15 heavy (non-hydrogen) atoms. The van der Waals surface area contributed by atoms with Crippen LogP contribution in [0.3, 0.4) is 0 Å². The fraction of sp³-hybridized carbons (Fsp3) is 0.462. The van der Waals surface area contributed by atoms with E-state index in [-0.39, 0.29) is 11.4 Å². The molecule has 1 aromatic carbocycles. The fourth-order valence-corrected chi connectivity index (χ4v) is 2.10. The van der Waals surface area contributed by atoms with Gasteiger partial charge in [0.05, 0.1) is 12.2 Å². The van der Waals surface area contributed by atoms with Crippen LogP contribution in [0.4, 0.5) is 0 Å². The van der Waals surface area contributed by atoms with E-state index in [0.717, 1.165) is 6.42 Å². The van der Waals surface area contributed by atoms with Crippen molar-refractivity contribution >= 4 is 5.78 Å². The Morgan fingerprint density at radius 1 is 1.47 bits per heavy atom. The number of ether oxygens (including phenoxy) is 1. The van der Waals surface area contributed by atoms with E-state index in [1.165, 1.54) is 11.1 Å². The zero-order valence-corrected chi connectivity index (χ0v) is 9.25. The van der Waals surface area contributed by atoms with E-state index in [4.69, 9.17) is 4.74 Å². The van der Waals surface area contributed by atoms with Gasteiger partial charge in [0.25, 0.3) is 0 Å². The molecule has 0 saturated heterocycles. The summed E-state index contributed by atoms with van der Waals surface area (Å²) in [5.74, 6) is 0.226. The first kappa shape index (κ1) is 10.4. The zero-order chi connectivity index (χ0) is 10.9. The number of rotatable bonds is 3. The molecule has 0 bridgehead atoms. The summed E-state index contributed by atoms with van der Waals surface area (Å²) in [6.07, 6.45) is 1.37. The van der Waals surface area contributed by atoms with E-state index in [9.17, 15) is 4.79 Å². The molecule has 1 aliphatic rings. The van der Waals surface area contributed by atoms with Crippen molar-refractivity contribution in [2.45, 2.75) is 38.9 Å². The van der Waals surface area contributed by atoms with Crippen molar-refractivity contribution in [2.75, 3.05) is 0 Å². The van der Waals surface area contributed by atoms with Crippen LogP contribution >= 0.6 is 0 Å². The Morgan fingerprint density at radius 2 is 2.20 bits per heavy atom. The molecule has 2 nitrogen and oxygen atoms in total. The molecule has 1 heterocycles. The van der Waals surface area contributed by atoms with Crippen LogP contribution in [0, 0.1) is 0 Å². The van der Waals surface area contributed by atoms with Crippen LogP contribution in [0.25, 0.3) is 0 Å². The molecule has 1 unspecified atom stereocenters. The molecule has 0 amide bonds. The van der Waals surface area contributed by atoms with Gasteiger partial charge in [0.1, 0.15) is 5.78 Å². The summed E-state index contributed by atoms with van der Waals surface area (Å²) >= 11 is 0. The minimum absolute atomic E-state index is 0.226. The lowest BCUT2D eigenvalue weighted by Gasteiger charge is -2.24. The molecule has 0 saturated carbocycles. The Balaban J connectivity index is 2.21. The molecule has 0 aliphatic carbocycles. The van der Waals surface area contributed by atoms with Gasteiger partial charge in [0.2, 0.25) is 0 Å². The van der Waals surface area contributed by atoms with Crippen LogP contribution in [-0.2, 0) is 21.7 Å². The molecule has 0 aromatic heterocycles. The van der Waals surface area contributed by atoms with Crippen LogP contribution in [-0.4, -0.2) is 5.78 Å². The number of fused-ring (bicyclic) bond motifs is 1. The monoisotopic (exact) mass is 204 g/mol. The summed E-state index contributed by atoms with van der Waals surface area (Å²) in [4.78, 5) is 11.0. The Hall–Kier alpha value is -1.15. The number of ketones is 1. The van der Waals surface area contributed by atoms with Gasteiger partial charge in [0.15, 0.2) is 0 Å². The lowest BCUT2D eigenvalue weighted by atomic mass is 9.89. The van der Waals surface area contributed by atoms with Gasteiger partial charge in [-0.25, -0.2) is 0 Å². The third-order valence-corrected chi connectivity index (χ3v) is 3.09. The summed E-state index contributed by atoms with van der Waals surface area (Å²) < 4.78 is 5.81. The van der Waals surface area contributed by atoms with Gasteiger partial charge < -0.3 is 9.53 Å². The highest BCUT2D eigenvalue weighted by molar-refractivity contribution is 5.75. The Bertz CT molecular complexity index is 384. The molecule has 1 aliphatic heterocycles. The third-order valence-electron chi connectivity index (χ3n) is 3.09. The van der Waals surface area contributed by atoms with E-state index < -0.39 is 0 Å². The first-order chi connectivity index (χ1) is 7.12. The first-order valence-electron chi connectivity index (χ1n) is 5.33. The molecule has 2 rings (SSSR count). The van der Waals surface area contributed by atoms with Crippen molar-refractivity contribution in [3.05, 3.63) is 35.4 Å². The van der Waals surface area contributed by atoms with Gasteiger partial charge in [-0.05, 0) is 31.4 Å². The average molecular weight is 204 g/mol. The molecule has 1 atom stereocenters. The fourth-order valence-electron chi connectivity index (χ4n) is 2.10. The molecular formula is C13H16O2. The molecular weight excluding hydrogens is 188 g/mol. The molecule has 0 spiro atoms. The predicted octanol–water partition coefficient (Wildman–Crippen LogP) is 2.80. The lowest BCUT2D eigenvalue weighted by Crippen LogP contribution is -2.21. The minimum Gasteiger partial charge on any atom is -0.366 e. The van der Waals surface area contributed by atoms with Crippen LogP contribution in [0.15, 0.2) is 24.3 Å². The topological polar surface area (TPSA) is 26.3 Å². The highest BCUT2D eigenvalue weighted by Crippen LogP contribution is 2.39. The largest absolute Gasteiger partial charge is 0.366 e. The van der Waals surface area contributed by atoms with Crippen molar-refractivity contribution in [3.8, 4) is 0 Å². The standard InChI is InChI=1S/C13H16O2/c1-10(14)7-8-13(2)12-6-4-3-5-11(12)9-15-13/h3-6H,7-9H2,1-2H3. The maximum atomic E-state index is 11.0. The van der Waals surface area contributed by atoms with Crippen LogP contribution < -0.4 is 0 Å². The van der Waals surface area contributed by atoms with Crippen molar-refractivity contribution < 1.29 is 9.53 Å². The van der Waals surface area contributed by atoms with E-state index in [2.05, 4.69) is 19.1 Å². The van der Waals surface area contributed by atoms with Crippen molar-refractivity contribution in [1.29, 1.82) is 0 Å². The molecule has 0 radical (unpaired) electrons. The molecule has 0 N–H and O–H groups in total. The molecule has 80 valence electrons. The Kier molecular flexibility index (Phi) is 2.61. The minimum atomic E-state index is -0.262. The van der Waals surface area contributed by atoms with Crippen molar-refractivity contribution in [3.63, 3.8) is 0 Å². The normalized spacial score (nSPS) is 23.9. The van der Waals surface area contributed by atoms with Gasteiger partial charge >= 0.3 is 0 Å². The Morgan fingerprint density at radius 3 is 2.93 bits per heavy atom. The third kappa shape index (κ3) is 1.95. The first-order valence-corrected chi connectivity index (χ1v) is 5.33. The van der Waals surface area contributed by atoms with Crippen molar-refractivity contribution in [2.24, 2.45) is 0 Å². The highest BCUT2D eigenvalue weighted by atomic mass is 16.5. The van der Waals surface area contributed by atoms with Gasteiger partial charge in [0, 0.05) is 6.42 Å². The summed E-state index contributed by atoms with van der Waals surface area (Å²) in [6.45, 7) is 4.37. The van der Waals surface area contributed by atoms with Gasteiger partial charge in [-0.15, -0.1) is 0 Å². The second-order valence-corrected chi connectivity index (χ2v) is 4.38. The lowest BCUT2D eigenvalue weighted by molar-refractivity contribution is -0.119. The maximum absolute atomic E-state index is 11.0. The number of hydrogen-bond acceptors (Lipinski definition) is 2. The molecule has 2 heteroatoms. The average Bonchev–Trinajstić information content (AvgIpc) is 2.56. The van der Waals surface area contributed by atoms with Gasteiger partial charge in [-0.3, -0.25) is 0 Å². The van der Waals surface area contributed by atoms with Crippen LogP contribution in [0.1, 0.15) is 37.8 Å². The number of hydrogen-bond donors (Lipinski definition) is 0. The van der Waals surface area contributed by atoms with Crippen LogP contribution in [0.5, 0.6) is 0 Å². The second-order valence-electron chi connectivity index (χ2n) is 4.38. The van der Waals surface area contributed by atoms with E-state index >= 15 is 0 Å². The van der Waals surface area contributed by atoms with E-state index in [1.807, 2.05) is 12.1 Å². The van der Waals surface area contributed by atoms with Crippen LogP contribution in [0.2, 0.25) is 0 Å². The van der Waals surface area contributed by atoms with E-state index in [1.54, 1.807) is 6.92 Å².